The Morgan fingerprint density at radius 2 is 2.23 bits per heavy atom. The number of fused-ring (bicyclic) bond motifs is 1. The van der Waals surface area contributed by atoms with Gasteiger partial charge in [-0.1, -0.05) is 11.8 Å². The van der Waals surface area contributed by atoms with Crippen molar-refractivity contribution in [3.63, 3.8) is 0 Å². The van der Waals surface area contributed by atoms with E-state index in [-0.39, 0.29) is 19.1 Å². The first-order valence-electron chi connectivity index (χ1n) is 6.76. The Kier molecular flexibility index (Phi) is 3.93. The van der Waals surface area contributed by atoms with Crippen molar-refractivity contribution in [1.82, 2.24) is 4.90 Å². The molecule has 0 bridgehead atoms. The zero-order valence-corrected chi connectivity index (χ0v) is 12.6. The second kappa shape index (κ2) is 5.88. The van der Waals surface area contributed by atoms with Gasteiger partial charge in [-0.2, -0.15) is 0 Å². The summed E-state index contributed by atoms with van der Waals surface area (Å²) in [6, 6.07) is 5.26. The molecule has 2 heterocycles. The number of carbonyl (C=O) groups excluding carboxylic acids is 1. The van der Waals surface area contributed by atoms with Crippen LogP contribution in [0.15, 0.2) is 23.2 Å². The van der Waals surface area contributed by atoms with Crippen molar-refractivity contribution in [3.05, 3.63) is 18.2 Å². The number of carbonyl (C=O) groups is 2. The Hall–Kier alpha value is -2.22. The second-order valence-electron chi connectivity index (χ2n) is 4.72. The van der Waals surface area contributed by atoms with Crippen molar-refractivity contribution >= 4 is 34.5 Å². The number of amidine groups is 1. The van der Waals surface area contributed by atoms with Gasteiger partial charge >= 0.3 is 5.97 Å². The molecule has 7 nitrogen and oxygen atoms in total. The van der Waals surface area contributed by atoms with Crippen molar-refractivity contribution in [1.29, 1.82) is 0 Å². The van der Waals surface area contributed by atoms with Gasteiger partial charge in [0.1, 0.15) is 5.25 Å². The molecule has 22 heavy (non-hydrogen) atoms. The Balaban J connectivity index is 1.86. The predicted octanol–water partition coefficient (Wildman–Crippen LogP) is 1.84. The molecule has 1 fully saturated rings. The molecule has 1 saturated heterocycles. The van der Waals surface area contributed by atoms with E-state index in [1.807, 2.05) is 6.92 Å². The molecule has 0 spiro atoms. The minimum Gasteiger partial charge on any atom is -0.481 e. The van der Waals surface area contributed by atoms with Crippen molar-refractivity contribution in [2.45, 2.75) is 18.6 Å². The van der Waals surface area contributed by atoms with Gasteiger partial charge in [0.15, 0.2) is 16.7 Å². The molecule has 1 N–H and O–H groups in total. The van der Waals surface area contributed by atoms with Gasteiger partial charge in [-0.05, 0) is 19.1 Å². The van der Waals surface area contributed by atoms with Gasteiger partial charge in [-0.3, -0.25) is 14.5 Å². The maximum atomic E-state index is 12.2. The van der Waals surface area contributed by atoms with E-state index in [0.29, 0.717) is 28.9 Å². The van der Waals surface area contributed by atoms with E-state index in [4.69, 9.17) is 14.6 Å². The molecule has 0 aromatic heterocycles. The molecule has 3 rings (SSSR count). The molecule has 2 aliphatic heterocycles. The molecule has 0 saturated carbocycles. The number of thioether (sulfide) groups is 1. The van der Waals surface area contributed by atoms with Gasteiger partial charge in [-0.15, -0.1) is 0 Å². The molecule has 0 unspecified atom stereocenters. The first kappa shape index (κ1) is 14.7. The predicted molar refractivity (Wildman–Crippen MR) is 80.7 cm³/mol. The van der Waals surface area contributed by atoms with Crippen LogP contribution in [0, 0.1) is 0 Å². The number of aliphatic carboxylic acids is 1. The number of amides is 1. The van der Waals surface area contributed by atoms with Crippen LogP contribution in [0.2, 0.25) is 0 Å². The third-order valence-electron chi connectivity index (χ3n) is 3.28. The van der Waals surface area contributed by atoms with Crippen LogP contribution in [0.4, 0.5) is 5.69 Å². The second-order valence-corrected chi connectivity index (χ2v) is 5.89. The van der Waals surface area contributed by atoms with Gasteiger partial charge in [0, 0.05) is 12.6 Å². The van der Waals surface area contributed by atoms with Gasteiger partial charge in [-0.25, -0.2) is 4.99 Å². The molecular weight excluding hydrogens is 308 g/mol. The highest BCUT2D eigenvalue weighted by molar-refractivity contribution is 8.15. The fourth-order valence-electron chi connectivity index (χ4n) is 2.24. The first-order chi connectivity index (χ1) is 10.6. The largest absolute Gasteiger partial charge is 0.481 e. The van der Waals surface area contributed by atoms with Crippen LogP contribution < -0.4 is 9.47 Å². The van der Waals surface area contributed by atoms with E-state index >= 15 is 0 Å². The van der Waals surface area contributed by atoms with Crippen LogP contribution in [0.5, 0.6) is 11.5 Å². The van der Waals surface area contributed by atoms with Gasteiger partial charge in [0.25, 0.3) is 0 Å². The number of aliphatic imine (C=N–C) groups is 1. The summed E-state index contributed by atoms with van der Waals surface area (Å²) in [5.41, 5.74) is 0.633. The van der Waals surface area contributed by atoms with Gasteiger partial charge < -0.3 is 14.6 Å². The molecule has 1 amide bonds. The molecule has 0 radical (unpaired) electrons. The topological polar surface area (TPSA) is 88.4 Å². The van der Waals surface area contributed by atoms with Crippen molar-refractivity contribution < 1.29 is 24.2 Å². The Morgan fingerprint density at radius 1 is 1.45 bits per heavy atom. The Labute approximate surface area is 130 Å². The highest BCUT2D eigenvalue weighted by Crippen LogP contribution is 2.37. The summed E-state index contributed by atoms with van der Waals surface area (Å²) in [6.07, 6.45) is -0.208. The number of rotatable bonds is 4. The van der Waals surface area contributed by atoms with E-state index in [2.05, 4.69) is 4.99 Å². The molecule has 0 aliphatic carbocycles. The summed E-state index contributed by atoms with van der Waals surface area (Å²) >= 11 is 1.18. The molecule has 1 aromatic carbocycles. The van der Waals surface area contributed by atoms with E-state index < -0.39 is 11.2 Å². The fraction of sp³-hybridized carbons (Fsp3) is 0.357. The van der Waals surface area contributed by atoms with Crippen LogP contribution in [0.1, 0.15) is 13.3 Å². The lowest BCUT2D eigenvalue weighted by molar-refractivity contribution is -0.139. The lowest BCUT2D eigenvalue weighted by atomic mass is 10.2. The molecule has 1 atom stereocenters. The highest BCUT2D eigenvalue weighted by Gasteiger charge is 2.38. The van der Waals surface area contributed by atoms with Crippen molar-refractivity contribution in [2.75, 3.05) is 13.3 Å². The zero-order valence-electron chi connectivity index (χ0n) is 11.8. The third kappa shape index (κ3) is 2.74. The fourth-order valence-corrected chi connectivity index (χ4v) is 3.45. The maximum absolute atomic E-state index is 12.2. The normalized spacial score (nSPS) is 21.7. The van der Waals surface area contributed by atoms with Crippen molar-refractivity contribution in [3.8, 4) is 11.5 Å². The smallest absolute Gasteiger partial charge is 0.305 e. The standard InChI is InChI=1S/C14H14N2O5S/c1-2-16-13(19)11(6-12(17)18)22-14(16)15-8-3-4-9-10(5-8)21-7-20-9/h3-5,11H,2,6-7H2,1H3,(H,17,18)/t11-/m0/s1. The molecule has 1 aromatic rings. The molecule has 8 heteroatoms. The van der Waals surface area contributed by atoms with Crippen LogP contribution in [0.3, 0.4) is 0 Å². The number of hydrogen-bond acceptors (Lipinski definition) is 6. The number of carboxylic acid groups (broad SMARTS) is 1. The first-order valence-corrected chi connectivity index (χ1v) is 7.64. The monoisotopic (exact) mass is 322 g/mol. The maximum Gasteiger partial charge on any atom is 0.305 e. The summed E-state index contributed by atoms with van der Waals surface area (Å²) in [5.74, 6) is 0.0668. The highest BCUT2D eigenvalue weighted by atomic mass is 32.2. The summed E-state index contributed by atoms with van der Waals surface area (Å²) in [4.78, 5) is 29.0. The van der Waals surface area contributed by atoms with Crippen LogP contribution in [0.25, 0.3) is 0 Å². The summed E-state index contributed by atoms with van der Waals surface area (Å²) < 4.78 is 10.5. The number of nitrogens with zero attached hydrogens (tertiary/aromatic N) is 2. The third-order valence-corrected chi connectivity index (χ3v) is 4.45. The van der Waals surface area contributed by atoms with E-state index in [1.54, 1.807) is 18.2 Å². The van der Waals surface area contributed by atoms with Crippen LogP contribution >= 0.6 is 11.8 Å². The van der Waals surface area contributed by atoms with Gasteiger partial charge in [0.05, 0.1) is 12.1 Å². The lowest BCUT2D eigenvalue weighted by Crippen LogP contribution is -2.32. The molecule has 2 aliphatic rings. The zero-order chi connectivity index (χ0) is 15.7. The Morgan fingerprint density at radius 3 is 2.95 bits per heavy atom. The Bertz CT molecular complexity index is 661. The minimum atomic E-state index is -0.994. The average molecular weight is 322 g/mol. The van der Waals surface area contributed by atoms with E-state index in [1.165, 1.54) is 16.7 Å². The number of carboxylic acids is 1. The average Bonchev–Trinajstić information content (AvgIpc) is 3.04. The van der Waals surface area contributed by atoms with E-state index in [9.17, 15) is 9.59 Å². The number of hydrogen-bond donors (Lipinski definition) is 1. The SMILES string of the molecule is CCN1C(=O)[C@H](CC(=O)O)SC1=Nc1ccc2c(c1)OCO2. The summed E-state index contributed by atoms with van der Waals surface area (Å²) in [6.45, 7) is 2.46. The molecule has 116 valence electrons. The van der Waals surface area contributed by atoms with E-state index in [0.717, 1.165) is 0 Å². The van der Waals surface area contributed by atoms with Gasteiger partial charge in [0.2, 0.25) is 12.7 Å². The van der Waals surface area contributed by atoms with Crippen LogP contribution in [-0.4, -0.2) is 45.6 Å². The van der Waals surface area contributed by atoms with Crippen LogP contribution in [-0.2, 0) is 9.59 Å². The minimum absolute atomic E-state index is 0.185. The summed E-state index contributed by atoms with van der Waals surface area (Å²) in [7, 11) is 0. The lowest BCUT2D eigenvalue weighted by Gasteiger charge is -2.13. The number of benzene rings is 1. The summed E-state index contributed by atoms with van der Waals surface area (Å²) in [5, 5.41) is 8.77. The van der Waals surface area contributed by atoms with Crippen molar-refractivity contribution in [2.24, 2.45) is 4.99 Å². The quantitative estimate of drug-likeness (QED) is 0.910. The number of ether oxygens (including phenoxy) is 2. The molecular formula is C14H14N2O5S.